The highest BCUT2D eigenvalue weighted by atomic mass is 32.2. The first-order valence-electron chi connectivity index (χ1n) is 7.08. The van der Waals surface area contributed by atoms with E-state index in [0.29, 0.717) is 6.54 Å². The first kappa shape index (κ1) is 15.8. The molecule has 5 nitrogen and oxygen atoms in total. The van der Waals surface area contributed by atoms with Crippen LogP contribution in [0.4, 0.5) is 5.69 Å². The van der Waals surface area contributed by atoms with E-state index in [4.69, 9.17) is 5.73 Å². The molecule has 1 saturated carbocycles. The van der Waals surface area contributed by atoms with Gasteiger partial charge in [0.15, 0.2) is 9.84 Å². The molecule has 21 heavy (non-hydrogen) atoms. The van der Waals surface area contributed by atoms with Gasteiger partial charge in [-0.05, 0) is 36.5 Å². The Hall–Kier alpha value is -1.56. The van der Waals surface area contributed by atoms with E-state index in [1.165, 1.54) is 31.0 Å². The van der Waals surface area contributed by atoms with Gasteiger partial charge in [-0.2, -0.15) is 0 Å². The maximum absolute atomic E-state index is 12.2. The van der Waals surface area contributed by atoms with E-state index < -0.39 is 9.84 Å². The van der Waals surface area contributed by atoms with Crippen molar-refractivity contribution >= 4 is 21.4 Å². The van der Waals surface area contributed by atoms with Gasteiger partial charge in [-0.15, -0.1) is 0 Å². The molecule has 2 rings (SSSR count). The largest absolute Gasteiger partial charge is 0.399 e. The van der Waals surface area contributed by atoms with Gasteiger partial charge in [-0.3, -0.25) is 4.79 Å². The van der Waals surface area contributed by atoms with E-state index in [1.54, 1.807) is 0 Å². The van der Waals surface area contributed by atoms with E-state index >= 15 is 0 Å². The summed E-state index contributed by atoms with van der Waals surface area (Å²) in [6.45, 7) is 2.77. The second-order valence-corrected chi connectivity index (χ2v) is 8.28. The summed E-state index contributed by atoms with van der Waals surface area (Å²) in [5.41, 5.74) is 6.40. The third-order valence-corrected chi connectivity index (χ3v) is 5.20. The normalized spacial score (nSPS) is 17.6. The van der Waals surface area contributed by atoms with Crippen molar-refractivity contribution in [3.63, 3.8) is 0 Å². The fraction of sp³-hybridized carbons (Fsp3) is 0.533. The Bertz CT molecular complexity index is 647. The molecule has 0 saturated heterocycles. The molecule has 0 aromatic heterocycles. The molecule has 0 aliphatic heterocycles. The molecule has 1 aromatic rings. The molecule has 1 fully saturated rings. The molecule has 0 atom stereocenters. The van der Waals surface area contributed by atoms with Gasteiger partial charge >= 0.3 is 0 Å². The lowest BCUT2D eigenvalue weighted by atomic mass is 9.89. The Labute approximate surface area is 125 Å². The second-order valence-electron chi connectivity index (χ2n) is 6.26. The van der Waals surface area contributed by atoms with Gasteiger partial charge in [0.1, 0.15) is 0 Å². The summed E-state index contributed by atoms with van der Waals surface area (Å²) in [7, 11) is -3.38. The van der Waals surface area contributed by atoms with Crippen molar-refractivity contribution in [2.45, 2.75) is 37.5 Å². The average Bonchev–Trinajstić information content (AvgIpc) is 2.82. The number of carbonyl (C=O) groups is 1. The standard InChI is InChI=1S/C15H22N2O3S/c1-15(5-3-4-6-15)10-17-14(18)11-7-12(16)9-13(8-11)21(2,19)20/h7-9H,3-6,10,16H2,1-2H3,(H,17,18). The monoisotopic (exact) mass is 310 g/mol. The number of nitrogen functional groups attached to an aromatic ring is 1. The summed E-state index contributed by atoms with van der Waals surface area (Å²) >= 11 is 0. The molecule has 0 radical (unpaired) electrons. The molecule has 3 N–H and O–H groups in total. The van der Waals surface area contributed by atoms with Crippen molar-refractivity contribution in [2.75, 3.05) is 18.5 Å². The number of amides is 1. The fourth-order valence-corrected chi connectivity index (χ4v) is 3.46. The van der Waals surface area contributed by atoms with Gasteiger partial charge in [0, 0.05) is 24.1 Å². The van der Waals surface area contributed by atoms with Gasteiger partial charge in [0.2, 0.25) is 0 Å². The summed E-state index contributed by atoms with van der Waals surface area (Å²) in [5.74, 6) is -0.277. The molecule has 0 unspecified atom stereocenters. The summed E-state index contributed by atoms with van der Waals surface area (Å²) in [6, 6.07) is 4.24. The maximum Gasteiger partial charge on any atom is 0.251 e. The highest BCUT2D eigenvalue weighted by molar-refractivity contribution is 7.90. The number of sulfone groups is 1. The van der Waals surface area contributed by atoms with Crippen LogP contribution in [-0.4, -0.2) is 27.1 Å². The molecular weight excluding hydrogens is 288 g/mol. The first-order valence-corrected chi connectivity index (χ1v) is 8.98. The number of hydrogen-bond acceptors (Lipinski definition) is 4. The van der Waals surface area contributed by atoms with Crippen molar-refractivity contribution < 1.29 is 13.2 Å². The van der Waals surface area contributed by atoms with Gasteiger partial charge in [0.05, 0.1) is 4.90 Å². The quantitative estimate of drug-likeness (QED) is 0.832. The molecule has 0 bridgehead atoms. The minimum Gasteiger partial charge on any atom is -0.399 e. The SMILES string of the molecule is CC1(CNC(=O)c2cc(N)cc(S(C)(=O)=O)c2)CCCC1. The van der Waals surface area contributed by atoms with E-state index in [-0.39, 0.29) is 27.5 Å². The summed E-state index contributed by atoms with van der Waals surface area (Å²) in [4.78, 5) is 12.3. The number of nitrogens with one attached hydrogen (secondary N) is 1. The van der Waals surface area contributed by atoms with Crippen molar-refractivity contribution in [1.29, 1.82) is 0 Å². The minimum absolute atomic E-state index is 0.0692. The van der Waals surface area contributed by atoms with E-state index in [9.17, 15) is 13.2 Å². The Balaban J connectivity index is 2.14. The lowest BCUT2D eigenvalue weighted by Gasteiger charge is -2.23. The van der Waals surface area contributed by atoms with E-state index in [0.717, 1.165) is 19.1 Å². The van der Waals surface area contributed by atoms with Crippen molar-refractivity contribution in [3.05, 3.63) is 23.8 Å². The zero-order chi connectivity index (χ0) is 15.7. The van der Waals surface area contributed by atoms with Crippen LogP contribution in [0.3, 0.4) is 0 Å². The maximum atomic E-state index is 12.2. The average molecular weight is 310 g/mol. The zero-order valence-corrected chi connectivity index (χ0v) is 13.3. The Kier molecular flexibility index (Phi) is 4.27. The lowest BCUT2D eigenvalue weighted by Crippen LogP contribution is -2.34. The molecule has 0 spiro atoms. The number of anilines is 1. The molecule has 116 valence electrons. The number of nitrogens with two attached hydrogens (primary N) is 1. The topological polar surface area (TPSA) is 89.3 Å². The minimum atomic E-state index is -3.38. The van der Waals surface area contributed by atoms with Gasteiger partial charge in [0.25, 0.3) is 5.91 Å². The third kappa shape index (κ3) is 3.97. The Morgan fingerprint density at radius 2 is 1.90 bits per heavy atom. The zero-order valence-electron chi connectivity index (χ0n) is 12.5. The number of hydrogen-bond donors (Lipinski definition) is 2. The van der Waals surface area contributed by atoms with E-state index in [1.807, 2.05) is 0 Å². The molecule has 6 heteroatoms. The molecule has 1 aliphatic rings. The molecule has 0 heterocycles. The van der Waals surface area contributed by atoms with Crippen LogP contribution in [0.1, 0.15) is 43.0 Å². The van der Waals surface area contributed by atoms with Crippen LogP contribution >= 0.6 is 0 Å². The van der Waals surface area contributed by atoms with Gasteiger partial charge < -0.3 is 11.1 Å². The van der Waals surface area contributed by atoms with Crippen LogP contribution in [0.2, 0.25) is 0 Å². The number of carbonyl (C=O) groups excluding carboxylic acids is 1. The summed E-state index contributed by atoms with van der Waals surface area (Å²) in [5, 5.41) is 2.90. The number of rotatable bonds is 4. The molecular formula is C15H22N2O3S. The van der Waals surface area contributed by atoms with Crippen molar-refractivity contribution in [1.82, 2.24) is 5.32 Å². The fourth-order valence-electron chi connectivity index (χ4n) is 2.77. The first-order chi connectivity index (χ1) is 9.70. The lowest BCUT2D eigenvalue weighted by molar-refractivity contribution is 0.0934. The number of benzene rings is 1. The van der Waals surface area contributed by atoms with Crippen LogP contribution < -0.4 is 11.1 Å². The van der Waals surface area contributed by atoms with Crippen molar-refractivity contribution in [2.24, 2.45) is 5.41 Å². The van der Waals surface area contributed by atoms with Gasteiger partial charge in [-0.25, -0.2) is 8.42 Å². The predicted octanol–water partition coefficient (Wildman–Crippen LogP) is 1.98. The van der Waals surface area contributed by atoms with Crippen LogP contribution in [0.5, 0.6) is 0 Å². The van der Waals surface area contributed by atoms with Crippen LogP contribution in [-0.2, 0) is 9.84 Å². The van der Waals surface area contributed by atoms with E-state index in [2.05, 4.69) is 12.2 Å². The van der Waals surface area contributed by atoms with Crippen LogP contribution in [0, 0.1) is 5.41 Å². The molecule has 1 amide bonds. The second kappa shape index (κ2) is 5.67. The Morgan fingerprint density at radius 1 is 1.29 bits per heavy atom. The third-order valence-electron chi connectivity index (χ3n) is 4.11. The smallest absolute Gasteiger partial charge is 0.251 e. The highest BCUT2D eigenvalue weighted by Gasteiger charge is 2.29. The predicted molar refractivity (Wildman–Crippen MR) is 82.9 cm³/mol. The Morgan fingerprint density at radius 3 is 2.48 bits per heavy atom. The molecule has 1 aliphatic carbocycles. The molecule has 1 aromatic carbocycles. The van der Waals surface area contributed by atoms with Crippen LogP contribution in [0.15, 0.2) is 23.1 Å². The van der Waals surface area contributed by atoms with Gasteiger partial charge in [-0.1, -0.05) is 19.8 Å². The summed E-state index contributed by atoms with van der Waals surface area (Å²) in [6.07, 6.45) is 5.71. The highest BCUT2D eigenvalue weighted by Crippen LogP contribution is 2.36. The van der Waals surface area contributed by atoms with Crippen LogP contribution in [0.25, 0.3) is 0 Å². The summed E-state index contributed by atoms with van der Waals surface area (Å²) < 4.78 is 23.2. The van der Waals surface area contributed by atoms with Crippen molar-refractivity contribution in [3.8, 4) is 0 Å².